The largest absolute Gasteiger partial charge is 0.0616 e. The number of aryl methyl sites for hydroxylation is 1. The second-order valence-corrected chi connectivity index (χ2v) is 5.38. The van der Waals surface area contributed by atoms with Crippen LogP contribution in [0.5, 0.6) is 0 Å². The third kappa shape index (κ3) is 1.60. The average molecular weight is 244 g/mol. The van der Waals surface area contributed by atoms with Gasteiger partial charge in [0.15, 0.2) is 0 Å². The minimum absolute atomic E-state index is 1.09. The smallest absolute Gasteiger partial charge is 0.00131 e. The van der Waals surface area contributed by atoms with Gasteiger partial charge in [0.2, 0.25) is 0 Å². The van der Waals surface area contributed by atoms with Gasteiger partial charge in [-0.3, -0.25) is 0 Å². The van der Waals surface area contributed by atoms with Crippen molar-refractivity contribution >= 4 is 10.8 Å². The molecule has 0 saturated carbocycles. The van der Waals surface area contributed by atoms with Crippen molar-refractivity contribution in [3.63, 3.8) is 0 Å². The molecule has 0 saturated heterocycles. The van der Waals surface area contributed by atoms with E-state index in [-0.39, 0.29) is 0 Å². The third-order valence-corrected chi connectivity index (χ3v) is 4.22. The number of fused-ring (bicyclic) bond motifs is 4. The molecule has 0 aromatic heterocycles. The van der Waals surface area contributed by atoms with Crippen LogP contribution in [0.25, 0.3) is 21.9 Å². The van der Waals surface area contributed by atoms with Crippen molar-refractivity contribution in [1.29, 1.82) is 0 Å². The maximum absolute atomic E-state index is 2.38. The van der Waals surface area contributed by atoms with Gasteiger partial charge in [-0.15, -0.1) is 0 Å². The lowest BCUT2D eigenvalue weighted by atomic mass is 10.00. The van der Waals surface area contributed by atoms with Crippen LogP contribution in [0.1, 0.15) is 23.6 Å². The quantitative estimate of drug-likeness (QED) is 0.443. The van der Waals surface area contributed by atoms with E-state index in [0.29, 0.717) is 0 Å². The number of hydrogen-bond acceptors (Lipinski definition) is 0. The second kappa shape index (κ2) is 3.96. The first-order chi connectivity index (χ1) is 9.35. The molecule has 1 aliphatic carbocycles. The Labute approximate surface area is 113 Å². The van der Waals surface area contributed by atoms with E-state index in [0.717, 1.165) is 12.8 Å². The summed E-state index contributed by atoms with van der Waals surface area (Å²) in [6, 6.07) is 20.3. The fourth-order valence-corrected chi connectivity index (χ4v) is 3.17. The van der Waals surface area contributed by atoms with E-state index in [1.807, 2.05) is 0 Å². The Morgan fingerprint density at radius 2 is 1.53 bits per heavy atom. The molecule has 0 nitrogen and oxygen atoms in total. The summed E-state index contributed by atoms with van der Waals surface area (Å²) < 4.78 is 0. The first kappa shape index (κ1) is 10.8. The van der Waals surface area contributed by atoms with Crippen molar-refractivity contribution in [3.05, 3.63) is 71.3 Å². The fraction of sp³-hybridized carbons (Fsp3) is 0.158. The molecular weight excluding hydrogens is 228 g/mol. The molecule has 19 heavy (non-hydrogen) atoms. The summed E-state index contributed by atoms with van der Waals surface area (Å²) >= 11 is 0. The maximum atomic E-state index is 2.38. The van der Waals surface area contributed by atoms with E-state index in [1.165, 1.54) is 38.6 Å². The van der Waals surface area contributed by atoms with Gasteiger partial charge in [0, 0.05) is 0 Å². The Morgan fingerprint density at radius 1 is 0.789 bits per heavy atom. The Morgan fingerprint density at radius 3 is 2.32 bits per heavy atom. The van der Waals surface area contributed by atoms with E-state index in [2.05, 4.69) is 61.5 Å². The standard InChI is InChI=1S/C19H16/c1-2-13-7-8-18-16(9-13)11-17-10-14-5-3-4-6-15(14)12-19(17)18/h3-10,12H,2,11H2,1H3. The van der Waals surface area contributed by atoms with Gasteiger partial charge in [0.1, 0.15) is 0 Å². The highest BCUT2D eigenvalue weighted by Crippen LogP contribution is 2.39. The zero-order valence-corrected chi connectivity index (χ0v) is 11.1. The van der Waals surface area contributed by atoms with Crippen molar-refractivity contribution in [1.82, 2.24) is 0 Å². The number of hydrogen-bond donors (Lipinski definition) is 0. The van der Waals surface area contributed by atoms with Gasteiger partial charge in [-0.25, -0.2) is 0 Å². The van der Waals surface area contributed by atoms with Crippen molar-refractivity contribution < 1.29 is 0 Å². The second-order valence-electron chi connectivity index (χ2n) is 5.38. The Bertz CT molecular complexity index is 781. The molecule has 0 radical (unpaired) electrons. The number of rotatable bonds is 1. The summed E-state index contributed by atoms with van der Waals surface area (Å²) in [7, 11) is 0. The molecule has 0 heterocycles. The van der Waals surface area contributed by atoms with Crippen LogP contribution >= 0.6 is 0 Å². The Balaban J connectivity index is 1.96. The highest BCUT2D eigenvalue weighted by atomic mass is 14.2. The van der Waals surface area contributed by atoms with Gasteiger partial charge in [0.05, 0.1) is 0 Å². The van der Waals surface area contributed by atoms with Crippen molar-refractivity contribution in [2.24, 2.45) is 0 Å². The fourth-order valence-electron chi connectivity index (χ4n) is 3.17. The molecule has 0 aliphatic heterocycles. The van der Waals surface area contributed by atoms with Gasteiger partial charge < -0.3 is 0 Å². The van der Waals surface area contributed by atoms with Crippen LogP contribution in [0, 0.1) is 0 Å². The summed E-state index contributed by atoms with van der Waals surface area (Å²) in [5, 5.41) is 2.69. The molecule has 0 amide bonds. The normalized spacial score (nSPS) is 12.5. The zero-order chi connectivity index (χ0) is 12.8. The topological polar surface area (TPSA) is 0 Å². The van der Waals surface area contributed by atoms with Crippen LogP contribution in [-0.2, 0) is 12.8 Å². The van der Waals surface area contributed by atoms with Gasteiger partial charge in [-0.1, -0.05) is 55.5 Å². The van der Waals surface area contributed by atoms with Crippen molar-refractivity contribution in [2.45, 2.75) is 19.8 Å². The highest BCUT2D eigenvalue weighted by Gasteiger charge is 2.18. The lowest BCUT2D eigenvalue weighted by Crippen LogP contribution is -1.84. The minimum Gasteiger partial charge on any atom is -0.0616 e. The summed E-state index contributed by atoms with van der Waals surface area (Å²) in [6.45, 7) is 2.22. The first-order valence-corrected chi connectivity index (χ1v) is 6.99. The molecule has 3 aromatic carbocycles. The Hall–Kier alpha value is -2.08. The van der Waals surface area contributed by atoms with E-state index < -0.39 is 0 Å². The maximum Gasteiger partial charge on any atom is -0.00131 e. The minimum atomic E-state index is 1.09. The van der Waals surface area contributed by atoms with Gasteiger partial charge in [-0.2, -0.15) is 0 Å². The molecule has 0 heteroatoms. The predicted octanol–water partition coefficient (Wildman–Crippen LogP) is 4.97. The van der Waals surface area contributed by atoms with Crippen LogP contribution < -0.4 is 0 Å². The molecule has 0 N–H and O–H groups in total. The van der Waals surface area contributed by atoms with E-state index in [9.17, 15) is 0 Å². The van der Waals surface area contributed by atoms with Crippen LogP contribution in [0.2, 0.25) is 0 Å². The molecule has 0 unspecified atom stereocenters. The molecule has 4 rings (SSSR count). The molecule has 1 aliphatic rings. The van der Waals surface area contributed by atoms with Crippen molar-refractivity contribution in [2.75, 3.05) is 0 Å². The third-order valence-electron chi connectivity index (χ3n) is 4.22. The molecule has 0 spiro atoms. The SMILES string of the molecule is CCc1ccc2c(c1)Cc1cc3ccccc3cc1-2. The molecule has 3 aromatic rings. The van der Waals surface area contributed by atoms with Crippen LogP contribution in [0.15, 0.2) is 54.6 Å². The first-order valence-electron chi connectivity index (χ1n) is 6.99. The summed E-state index contributed by atoms with van der Waals surface area (Å²) in [5.41, 5.74) is 7.26. The van der Waals surface area contributed by atoms with E-state index >= 15 is 0 Å². The van der Waals surface area contributed by atoms with Crippen LogP contribution in [0.4, 0.5) is 0 Å². The molecule has 92 valence electrons. The monoisotopic (exact) mass is 244 g/mol. The summed E-state index contributed by atoms with van der Waals surface area (Å²) in [5.74, 6) is 0. The van der Waals surface area contributed by atoms with Crippen LogP contribution in [-0.4, -0.2) is 0 Å². The van der Waals surface area contributed by atoms with E-state index in [1.54, 1.807) is 0 Å². The predicted molar refractivity (Wildman–Crippen MR) is 81.6 cm³/mol. The molecular formula is C19H16. The lowest BCUT2D eigenvalue weighted by Gasteiger charge is -2.05. The molecule has 0 bridgehead atoms. The summed E-state index contributed by atoms with van der Waals surface area (Å²) in [6.07, 6.45) is 2.20. The summed E-state index contributed by atoms with van der Waals surface area (Å²) in [4.78, 5) is 0. The highest BCUT2D eigenvalue weighted by molar-refractivity contribution is 5.91. The van der Waals surface area contributed by atoms with E-state index in [4.69, 9.17) is 0 Å². The van der Waals surface area contributed by atoms with Gasteiger partial charge in [-0.05, 0) is 57.5 Å². The number of benzene rings is 3. The van der Waals surface area contributed by atoms with Gasteiger partial charge in [0.25, 0.3) is 0 Å². The molecule has 0 fully saturated rings. The van der Waals surface area contributed by atoms with Crippen LogP contribution in [0.3, 0.4) is 0 Å². The lowest BCUT2D eigenvalue weighted by molar-refractivity contribution is 1.12. The Kier molecular flexibility index (Phi) is 2.25. The van der Waals surface area contributed by atoms with Crippen molar-refractivity contribution in [3.8, 4) is 11.1 Å². The van der Waals surface area contributed by atoms with Gasteiger partial charge >= 0.3 is 0 Å². The molecule has 0 atom stereocenters. The average Bonchev–Trinajstić information content (AvgIpc) is 2.81. The zero-order valence-electron chi connectivity index (χ0n) is 11.1.